The van der Waals surface area contributed by atoms with Crippen molar-refractivity contribution in [2.24, 2.45) is 0 Å². The lowest BCUT2D eigenvalue weighted by atomic mass is 10.1. The maximum absolute atomic E-state index is 12.8. The smallest absolute Gasteiger partial charge is 0.416 e. The molecule has 0 unspecified atom stereocenters. The molecule has 0 spiro atoms. The third-order valence-corrected chi connectivity index (χ3v) is 4.03. The minimum Gasteiger partial charge on any atom is -0.485 e. The van der Waals surface area contributed by atoms with Crippen molar-refractivity contribution in [1.82, 2.24) is 5.32 Å². The molecule has 1 atom stereocenters. The van der Waals surface area contributed by atoms with Crippen LogP contribution in [-0.2, 0) is 11.0 Å². The molecule has 26 heavy (non-hydrogen) atoms. The van der Waals surface area contributed by atoms with Crippen molar-refractivity contribution in [3.63, 3.8) is 0 Å². The van der Waals surface area contributed by atoms with E-state index in [4.69, 9.17) is 4.74 Å². The highest BCUT2D eigenvalue weighted by Crippen LogP contribution is 2.39. The zero-order chi connectivity index (χ0) is 18.7. The zero-order valence-electron chi connectivity index (χ0n) is 13.8. The SMILES string of the molecule is C=CC(=O)NC[C@@H]1CN(c2ccc(C(F)(F)F)cc2)c2ccccc2O1. The Balaban J connectivity index is 1.87. The summed E-state index contributed by atoms with van der Waals surface area (Å²) in [5, 5.41) is 2.68. The number of halogens is 3. The third kappa shape index (κ3) is 3.82. The van der Waals surface area contributed by atoms with Crippen LogP contribution in [0.2, 0.25) is 0 Å². The van der Waals surface area contributed by atoms with Gasteiger partial charge in [-0.05, 0) is 42.5 Å². The summed E-state index contributed by atoms with van der Waals surface area (Å²) in [6.45, 7) is 4.04. The van der Waals surface area contributed by atoms with E-state index < -0.39 is 11.7 Å². The van der Waals surface area contributed by atoms with Crippen LogP contribution in [0.3, 0.4) is 0 Å². The van der Waals surface area contributed by atoms with Crippen LogP contribution in [0.1, 0.15) is 5.56 Å². The number of nitrogens with zero attached hydrogens (tertiary/aromatic N) is 1. The van der Waals surface area contributed by atoms with Crippen LogP contribution < -0.4 is 15.0 Å². The number of hydrogen-bond donors (Lipinski definition) is 1. The fourth-order valence-electron chi connectivity index (χ4n) is 2.77. The van der Waals surface area contributed by atoms with Gasteiger partial charge in [-0.25, -0.2) is 0 Å². The van der Waals surface area contributed by atoms with Crippen molar-refractivity contribution >= 4 is 17.3 Å². The van der Waals surface area contributed by atoms with E-state index in [-0.39, 0.29) is 18.6 Å². The molecule has 4 nitrogen and oxygen atoms in total. The van der Waals surface area contributed by atoms with Gasteiger partial charge in [0.25, 0.3) is 0 Å². The van der Waals surface area contributed by atoms with Gasteiger partial charge < -0.3 is 15.0 Å². The molecular formula is C19H17F3N2O2. The molecule has 0 aromatic heterocycles. The van der Waals surface area contributed by atoms with Crippen LogP contribution >= 0.6 is 0 Å². The van der Waals surface area contributed by atoms with Crippen LogP contribution in [0, 0.1) is 0 Å². The first-order valence-corrected chi connectivity index (χ1v) is 7.99. The molecule has 0 radical (unpaired) electrons. The number of carbonyl (C=O) groups is 1. The molecule has 1 N–H and O–H groups in total. The van der Waals surface area contributed by atoms with Crippen molar-refractivity contribution < 1.29 is 22.7 Å². The van der Waals surface area contributed by atoms with Gasteiger partial charge in [-0.2, -0.15) is 13.2 Å². The van der Waals surface area contributed by atoms with E-state index in [1.54, 1.807) is 6.07 Å². The Bertz CT molecular complexity index is 803. The van der Waals surface area contributed by atoms with E-state index in [0.29, 0.717) is 18.0 Å². The van der Waals surface area contributed by atoms with Crippen molar-refractivity contribution in [2.45, 2.75) is 12.3 Å². The van der Waals surface area contributed by atoms with Gasteiger partial charge in [0.05, 0.1) is 24.3 Å². The van der Waals surface area contributed by atoms with Crippen LogP contribution in [0.15, 0.2) is 61.2 Å². The lowest BCUT2D eigenvalue weighted by Gasteiger charge is -2.36. The number of ether oxygens (including phenoxy) is 1. The summed E-state index contributed by atoms with van der Waals surface area (Å²) in [6, 6.07) is 12.3. The molecule has 1 aliphatic rings. The summed E-state index contributed by atoms with van der Waals surface area (Å²) >= 11 is 0. The molecule has 3 rings (SSSR count). The van der Waals surface area contributed by atoms with E-state index in [9.17, 15) is 18.0 Å². The Morgan fingerprint density at radius 2 is 1.92 bits per heavy atom. The highest BCUT2D eigenvalue weighted by atomic mass is 19.4. The molecule has 0 fully saturated rings. The summed E-state index contributed by atoms with van der Waals surface area (Å²) in [5.41, 5.74) is 0.685. The number of alkyl halides is 3. The van der Waals surface area contributed by atoms with Crippen LogP contribution in [-0.4, -0.2) is 25.1 Å². The van der Waals surface area contributed by atoms with Crippen molar-refractivity contribution in [2.75, 3.05) is 18.0 Å². The van der Waals surface area contributed by atoms with Crippen LogP contribution in [0.4, 0.5) is 24.5 Å². The van der Waals surface area contributed by atoms with Gasteiger partial charge in [-0.3, -0.25) is 4.79 Å². The normalized spacial score (nSPS) is 16.4. The Kier molecular flexibility index (Phi) is 4.88. The number of hydrogen-bond acceptors (Lipinski definition) is 3. The topological polar surface area (TPSA) is 41.6 Å². The molecule has 0 aliphatic carbocycles. The number of rotatable bonds is 4. The highest BCUT2D eigenvalue weighted by Gasteiger charge is 2.31. The largest absolute Gasteiger partial charge is 0.485 e. The molecule has 7 heteroatoms. The van der Waals surface area contributed by atoms with Crippen LogP contribution in [0.5, 0.6) is 5.75 Å². The number of carbonyl (C=O) groups excluding carboxylic acids is 1. The van der Waals surface area contributed by atoms with Crippen molar-refractivity contribution in [3.8, 4) is 5.75 Å². The Morgan fingerprint density at radius 3 is 2.58 bits per heavy atom. The third-order valence-electron chi connectivity index (χ3n) is 4.03. The fourth-order valence-corrected chi connectivity index (χ4v) is 2.77. The first-order chi connectivity index (χ1) is 12.4. The summed E-state index contributed by atoms with van der Waals surface area (Å²) in [5.74, 6) is 0.296. The predicted molar refractivity (Wildman–Crippen MR) is 92.5 cm³/mol. The minimum absolute atomic E-state index is 0.260. The quantitative estimate of drug-likeness (QED) is 0.839. The van der Waals surface area contributed by atoms with E-state index in [0.717, 1.165) is 17.8 Å². The summed E-state index contributed by atoms with van der Waals surface area (Å²) in [6.07, 6.45) is -3.56. The van der Waals surface area contributed by atoms with E-state index in [1.807, 2.05) is 23.1 Å². The van der Waals surface area contributed by atoms with Gasteiger partial charge in [0.1, 0.15) is 11.9 Å². The number of amides is 1. The minimum atomic E-state index is -4.38. The van der Waals surface area contributed by atoms with Crippen LogP contribution in [0.25, 0.3) is 0 Å². The number of fused-ring (bicyclic) bond motifs is 1. The number of para-hydroxylation sites is 2. The van der Waals surface area contributed by atoms with E-state index >= 15 is 0 Å². The second kappa shape index (κ2) is 7.11. The average Bonchev–Trinajstić information content (AvgIpc) is 2.64. The molecule has 2 aromatic rings. The van der Waals surface area contributed by atoms with Gasteiger partial charge in [-0.15, -0.1) is 0 Å². The lowest BCUT2D eigenvalue weighted by molar-refractivity contribution is -0.137. The molecule has 136 valence electrons. The number of anilines is 2. The maximum atomic E-state index is 12.8. The molecule has 1 aliphatic heterocycles. The molecule has 0 saturated heterocycles. The summed E-state index contributed by atoms with van der Waals surface area (Å²) in [4.78, 5) is 13.3. The Hall–Kier alpha value is -2.96. The Labute approximate surface area is 148 Å². The first-order valence-electron chi connectivity index (χ1n) is 7.99. The highest BCUT2D eigenvalue weighted by molar-refractivity contribution is 5.86. The van der Waals surface area contributed by atoms with E-state index in [1.165, 1.54) is 18.2 Å². The standard InChI is InChI=1S/C19H17F3N2O2/c1-2-18(25)23-11-15-12-24(16-5-3-4-6-17(16)26-15)14-9-7-13(8-10-14)19(20,21)22/h2-10,15H,1,11-12H2,(H,23,25)/t15-/m1/s1. The predicted octanol–water partition coefficient (Wildman–Crippen LogP) is 3.91. The van der Waals surface area contributed by atoms with E-state index in [2.05, 4.69) is 11.9 Å². The fraction of sp³-hybridized carbons (Fsp3) is 0.211. The maximum Gasteiger partial charge on any atom is 0.416 e. The van der Waals surface area contributed by atoms with Crippen molar-refractivity contribution in [3.05, 3.63) is 66.7 Å². The molecule has 0 saturated carbocycles. The molecule has 0 bridgehead atoms. The summed E-state index contributed by atoms with van der Waals surface area (Å²) < 4.78 is 44.3. The summed E-state index contributed by atoms with van der Waals surface area (Å²) in [7, 11) is 0. The molecular weight excluding hydrogens is 345 g/mol. The monoisotopic (exact) mass is 362 g/mol. The molecule has 1 heterocycles. The second-order valence-electron chi connectivity index (χ2n) is 5.81. The van der Waals surface area contributed by atoms with Gasteiger partial charge >= 0.3 is 6.18 Å². The number of nitrogens with one attached hydrogen (secondary N) is 1. The van der Waals surface area contributed by atoms with Gasteiger partial charge in [0, 0.05) is 5.69 Å². The van der Waals surface area contributed by atoms with Crippen molar-refractivity contribution in [1.29, 1.82) is 0 Å². The van der Waals surface area contributed by atoms with Gasteiger partial charge in [0.2, 0.25) is 5.91 Å². The molecule has 1 amide bonds. The lowest BCUT2D eigenvalue weighted by Crippen LogP contribution is -2.44. The Morgan fingerprint density at radius 1 is 1.23 bits per heavy atom. The average molecular weight is 362 g/mol. The second-order valence-corrected chi connectivity index (χ2v) is 5.81. The first kappa shape index (κ1) is 17.8. The number of benzene rings is 2. The molecule has 2 aromatic carbocycles. The zero-order valence-corrected chi connectivity index (χ0v) is 13.8. The van der Waals surface area contributed by atoms with Gasteiger partial charge in [-0.1, -0.05) is 18.7 Å². The van der Waals surface area contributed by atoms with Gasteiger partial charge in [0.15, 0.2) is 0 Å².